The average molecular weight is 307 g/mol. The monoisotopic (exact) mass is 307 g/mol. The van der Waals surface area contributed by atoms with E-state index in [2.05, 4.69) is 10.1 Å². The van der Waals surface area contributed by atoms with Crippen molar-refractivity contribution in [2.75, 3.05) is 7.11 Å². The fraction of sp³-hybridized carbons (Fsp3) is 0.385. The Morgan fingerprint density at radius 1 is 1.19 bits per heavy atom. The number of halogens is 4. The lowest BCUT2D eigenvalue weighted by Gasteiger charge is -2.23. The van der Waals surface area contributed by atoms with Gasteiger partial charge in [-0.05, 0) is 32.0 Å². The molecule has 0 saturated carbocycles. The summed E-state index contributed by atoms with van der Waals surface area (Å²) in [6, 6.07) is 1.46. The van der Waals surface area contributed by atoms with Crippen LogP contribution in [0.1, 0.15) is 29.8 Å². The summed E-state index contributed by atoms with van der Waals surface area (Å²) in [6.45, 7) is 2.56. The molecule has 1 aromatic carbocycles. The van der Waals surface area contributed by atoms with Gasteiger partial charge in [-0.25, -0.2) is 9.18 Å². The molecular formula is C13H13F4NO3. The molecule has 0 aromatic heterocycles. The first kappa shape index (κ1) is 16.9. The van der Waals surface area contributed by atoms with Crippen LogP contribution in [0.15, 0.2) is 18.2 Å². The fourth-order valence-corrected chi connectivity index (χ4v) is 1.53. The minimum Gasteiger partial charge on any atom is -0.467 e. The Hall–Kier alpha value is -2.12. The van der Waals surface area contributed by atoms with E-state index in [0.29, 0.717) is 18.2 Å². The Kier molecular flexibility index (Phi) is 4.60. The smallest absolute Gasteiger partial charge is 0.416 e. The quantitative estimate of drug-likeness (QED) is 0.689. The molecule has 1 rings (SSSR count). The number of hydrogen-bond acceptors (Lipinski definition) is 3. The van der Waals surface area contributed by atoms with Crippen LogP contribution in [0.3, 0.4) is 0 Å². The van der Waals surface area contributed by atoms with Crippen LogP contribution in [-0.2, 0) is 15.7 Å². The Bertz CT molecular complexity index is 567. The van der Waals surface area contributed by atoms with Gasteiger partial charge in [0, 0.05) is 0 Å². The van der Waals surface area contributed by atoms with Crippen molar-refractivity contribution in [1.82, 2.24) is 5.32 Å². The standard InChI is InChI=1S/C13H13F4NO3/c1-12(2,11(20)21-3)18-10(19)8-6-7(13(15,16)17)4-5-9(8)14/h4-6H,1-3H3,(H,18,19). The molecule has 0 fully saturated rings. The third-order valence-electron chi connectivity index (χ3n) is 2.66. The van der Waals surface area contributed by atoms with E-state index < -0.39 is 40.5 Å². The van der Waals surface area contributed by atoms with Gasteiger partial charge in [0.05, 0.1) is 18.2 Å². The van der Waals surface area contributed by atoms with Crippen molar-refractivity contribution in [3.63, 3.8) is 0 Å². The van der Waals surface area contributed by atoms with E-state index in [4.69, 9.17) is 0 Å². The summed E-state index contributed by atoms with van der Waals surface area (Å²) in [7, 11) is 1.08. The average Bonchev–Trinajstić information content (AvgIpc) is 2.36. The largest absolute Gasteiger partial charge is 0.467 e. The fourth-order valence-electron chi connectivity index (χ4n) is 1.53. The maximum atomic E-state index is 13.5. The Morgan fingerprint density at radius 2 is 1.76 bits per heavy atom. The molecule has 0 bridgehead atoms. The highest BCUT2D eigenvalue weighted by atomic mass is 19.4. The number of carbonyl (C=O) groups is 2. The number of ether oxygens (including phenoxy) is 1. The second-order valence-electron chi connectivity index (χ2n) is 4.76. The zero-order chi connectivity index (χ0) is 16.4. The Labute approximate surface area is 118 Å². The summed E-state index contributed by atoms with van der Waals surface area (Å²) in [6.07, 6.45) is -4.71. The van der Waals surface area contributed by atoms with E-state index in [0.717, 1.165) is 7.11 Å². The Balaban J connectivity index is 3.11. The molecule has 1 aromatic rings. The van der Waals surface area contributed by atoms with Gasteiger partial charge in [0.2, 0.25) is 0 Å². The molecule has 0 radical (unpaired) electrons. The molecule has 0 aliphatic carbocycles. The minimum absolute atomic E-state index is 0.387. The van der Waals surface area contributed by atoms with E-state index in [1.807, 2.05) is 0 Å². The second-order valence-corrected chi connectivity index (χ2v) is 4.76. The summed E-state index contributed by atoms with van der Waals surface area (Å²) in [5.41, 5.74) is -3.47. The van der Waals surface area contributed by atoms with E-state index in [1.165, 1.54) is 13.8 Å². The SMILES string of the molecule is COC(=O)C(C)(C)NC(=O)c1cc(C(F)(F)F)ccc1F. The summed E-state index contributed by atoms with van der Waals surface area (Å²) >= 11 is 0. The molecule has 116 valence electrons. The topological polar surface area (TPSA) is 55.4 Å². The van der Waals surface area contributed by atoms with Crippen LogP contribution < -0.4 is 5.32 Å². The molecule has 0 aliphatic rings. The van der Waals surface area contributed by atoms with E-state index in [9.17, 15) is 27.2 Å². The molecule has 1 amide bonds. The van der Waals surface area contributed by atoms with Crippen LogP contribution in [0.5, 0.6) is 0 Å². The maximum Gasteiger partial charge on any atom is 0.416 e. The van der Waals surface area contributed by atoms with Crippen molar-refractivity contribution >= 4 is 11.9 Å². The van der Waals surface area contributed by atoms with E-state index in [1.54, 1.807) is 0 Å². The van der Waals surface area contributed by atoms with Crippen molar-refractivity contribution in [2.24, 2.45) is 0 Å². The molecule has 0 heterocycles. The molecule has 0 unspecified atom stereocenters. The molecule has 4 nitrogen and oxygen atoms in total. The van der Waals surface area contributed by atoms with Crippen LogP contribution in [0.2, 0.25) is 0 Å². The highest BCUT2D eigenvalue weighted by molar-refractivity contribution is 5.98. The molecule has 0 spiro atoms. The number of carbonyl (C=O) groups excluding carboxylic acids is 2. The van der Waals surface area contributed by atoms with Crippen LogP contribution in [0, 0.1) is 5.82 Å². The van der Waals surface area contributed by atoms with Crippen molar-refractivity contribution in [1.29, 1.82) is 0 Å². The zero-order valence-electron chi connectivity index (χ0n) is 11.5. The van der Waals surface area contributed by atoms with Crippen LogP contribution in [0.4, 0.5) is 17.6 Å². The lowest BCUT2D eigenvalue weighted by Crippen LogP contribution is -2.50. The first-order chi connectivity index (χ1) is 9.49. The van der Waals surface area contributed by atoms with Gasteiger partial charge < -0.3 is 10.1 Å². The minimum atomic E-state index is -4.71. The van der Waals surface area contributed by atoms with Gasteiger partial charge in [0.1, 0.15) is 11.4 Å². The van der Waals surface area contributed by atoms with Gasteiger partial charge in [0.25, 0.3) is 5.91 Å². The van der Waals surface area contributed by atoms with E-state index >= 15 is 0 Å². The summed E-state index contributed by atoms with van der Waals surface area (Å²) in [5.74, 6) is -3.08. The van der Waals surface area contributed by atoms with Gasteiger partial charge in [0.15, 0.2) is 0 Å². The molecule has 21 heavy (non-hydrogen) atoms. The number of rotatable bonds is 3. The van der Waals surface area contributed by atoms with Crippen molar-refractivity contribution in [3.05, 3.63) is 35.1 Å². The predicted octanol–water partition coefficient (Wildman–Crippen LogP) is 2.53. The highest BCUT2D eigenvalue weighted by Crippen LogP contribution is 2.30. The molecule has 0 aliphatic heterocycles. The summed E-state index contributed by atoms with van der Waals surface area (Å²) in [4.78, 5) is 23.3. The van der Waals surface area contributed by atoms with Crippen LogP contribution in [0.25, 0.3) is 0 Å². The van der Waals surface area contributed by atoms with Crippen molar-refractivity contribution < 1.29 is 31.9 Å². The zero-order valence-corrected chi connectivity index (χ0v) is 11.5. The van der Waals surface area contributed by atoms with Crippen LogP contribution >= 0.6 is 0 Å². The number of methoxy groups -OCH3 is 1. The molecule has 1 N–H and O–H groups in total. The first-order valence-corrected chi connectivity index (χ1v) is 5.76. The van der Waals surface area contributed by atoms with Gasteiger partial charge in [-0.1, -0.05) is 0 Å². The number of hydrogen-bond donors (Lipinski definition) is 1. The summed E-state index contributed by atoms with van der Waals surface area (Å²) in [5, 5.41) is 2.12. The lowest BCUT2D eigenvalue weighted by molar-refractivity contribution is -0.146. The van der Waals surface area contributed by atoms with Crippen molar-refractivity contribution in [2.45, 2.75) is 25.6 Å². The predicted molar refractivity (Wildman–Crippen MR) is 65.0 cm³/mol. The molecule has 0 saturated heterocycles. The Morgan fingerprint density at radius 3 is 2.24 bits per heavy atom. The van der Waals surface area contributed by atoms with E-state index in [-0.39, 0.29) is 0 Å². The maximum absolute atomic E-state index is 13.5. The highest BCUT2D eigenvalue weighted by Gasteiger charge is 2.34. The molecule has 0 atom stereocenters. The lowest BCUT2D eigenvalue weighted by atomic mass is 10.0. The normalized spacial score (nSPS) is 12.0. The van der Waals surface area contributed by atoms with Gasteiger partial charge in [-0.3, -0.25) is 4.79 Å². The van der Waals surface area contributed by atoms with Gasteiger partial charge in [-0.15, -0.1) is 0 Å². The van der Waals surface area contributed by atoms with Crippen LogP contribution in [-0.4, -0.2) is 24.5 Å². The number of alkyl halides is 3. The number of amides is 1. The van der Waals surface area contributed by atoms with Gasteiger partial charge >= 0.3 is 12.1 Å². The first-order valence-electron chi connectivity index (χ1n) is 5.76. The molecule has 8 heteroatoms. The number of nitrogens with one attached hydrogen (secondary N) is 1. The number of benzene rings is 1. The number of esters is 1. The van der Waals surface area contributed by atoms with Gasteiger partial charge in [-0.2, -0.15) is 13.2 Å². The third kappa shape index (κ3) is 3.93. The third-order valence-corrected chi connectivity index (χ3v) is 2.66. The van der Waals surface area contributed by atoms with Crippen molar-refractivity contribution in [3.8, 4) is 0 Å². The molecular weight excluding hydrogens is 294 g/mol. The summed E-state index contributed by atoms with van der Waals surface area (Å²) < 4.78 is 55.6. The second kappa shape index (κ2) is 5.71.